The summed E-state index contributed by atoms with van der Waals surface area (Å²) in [6, 6.07) is 4.64. The number of methoxy groups -OCH3 is 1. The van der Waals surface area contributed by atoms with Crippen LogP contribution in [0.1, 0.15) is 56.3 Å². The molecule has 2 fully saturated rings. The van der Waals surface area contributed by atoms with Crippen LogP contribution < -0.4 is 15.2 Å². The van der Waals surface area contributed by atoms with E-state index in [2.05, 4.69) is 21.5 Å². The summed E-state index contributed by atoms with van der Waals surface area (Å²) in [4.78, 5) is 21.8. The third kappa shape index (κ3) is 7.39. The van der Waals surface area contributed by atoms with Crippen LogP contribution in [-0.2, 0) is 11.3 Å². The Hall–Kier alpha value is -2.76. The summed E-state index contributed by atoms with van der Waals surface area (Å²) in [6.07, 6.45) is 2.97. The van der Waals surface area contributed by atoms with Crippen molar-refractivity contribution in [3.63, 3.8) is 0 Å². The van der Waals surface area contributed by atoms with Crippen LogP contribution in [-0.4, -0.2) is 73.4 Å². The second-order valence-corrected chi connectivity index (χ2v) is 8.83. The molecule has 4 rings (SSSR count). The molecule has 1 atom stereocenters. The molecule has 1 aliphatic heterocycles. The van der Waals surface area contributed by atoms with E-state index in [9.17, 15) is 13.6 Å². The normalized spacial score (nSPS) is 17.9. The second kappa shape index (κ2) is 13.7. The average molecular weight is 525 g/mol. The number of ether oxygens (including phenoxy) is 3. The van der Waals surface area contributed by atoms with E-state index >= 15 is 0 Å². The largest absolute Gasteiger partial charge is 0.489 e. The van der Waals surface area contributed by atoms with Gasteiger partial charge in [0.2, 0.25) is 5.89 Å². The molecule has 1 saturated carbocycles. The number of alkyl halides is 2. The zero-order chi connectivity index (χ0) is 26.9. The van der Waals surface area contributed by atoms with Crippen molar-refractivity contribution < 1.29 is 32.2 Å². The Bertz CT molecular complexity index is 1010. The number of hydrogen-bond acceptors (Lipinski definition) is 8. The fourth-order valence-corrected chi connectivity index (χ4v) is 4.17. The van der Waals surface area contributed by atoms with E-state index in [0.29, 0.717) is 44.5 Å². The number of hydrogen-bond donors (Lipinski definition) is 1. The third-order valence-electron chi connectivity index (χ3n) is 6.32. The SMILES string of the molecule is CC.CCC1CN(C(=O)c2nc(-c3ccc(OC(F)F)c(OCC4CC4)c3)oc2CN)CCN1COC. The first-order valence-corrected chi connectivity index (χ1v) is 12.9. The maximum Gasteiger partial charge on any atom is 0.387 e. The van der Waals surface area contributed by atoms with Gasteiger partial charge in [-0.25, -0.2) is 4.98 Å². The van der Waals surface area contributed by atoms with E-state index in [1.807, 2.05) is 13.8 Å². The first kappa shape index (κ1) is 28.8. The van der Waals surface area contributed by atoms with Crippen LogP contribution in [0, 0.1) is 5.92 Å². The Morgan fingerprint density at radius 2 is 2.00 bits per heavy atom. The summed E-state index contributed by atoms with van der Waals surface area (Å²) in [5.74, 6) is 0.716. The Morgan fingerprint density at radius 1 is 1.24 bits per heavy atom. The van der Waals surface area contributed by atoms with Crippen molar-refractivity contribution in [1.82, 2.24) is 14.8 Å². The van der Waals surface area contributed by atoms with Gasteiger partial charge in [0, 0.05) is 38.3 Å². The molecule has 2 heterocycles. The quantitative estimate of drug-likeness (QED) is 0.463. The monoisotopic (exact) mass is 524 g/mol. The molecule has 0 radical (unpaired) electrons. The van der Waals surface area contributed by atoms with E-state index in [-0.39, 0.29) is 47.3 Å². The number of carbonyl (C=O) groups excluding carboxylic acids is 1. The molecule has 206 valence electrons. The number of amides is 1. The number of aromatic nitrogens is 1. The number of nitrogens with zero attached hydrogens (tertiary/aromatic N) is 3. The highest BCUT2D eigenvalue weighted by Crippen LogP contribution is 2.36. The van der Waals surface area contributed by atoms with Gasteiger partial charge in [-0.3, -0.25) is 9.69 Å². The van der Waals surface area contributed by atoms with Gasteiger partial charge < -0.3 is 29.3 Å². The topological polar surface area (TPSA) is 103 Å². The van der Waals surface area contributed by atoms with Crippen LogP contribution in [0.4, 0.5) is 8.78 Å². The van der Waals surface area contributed by atoms with Crippen LogP contribution in [0.2, 0.25) is 0 Å². The van der Waals surface area contributed by atoms with Crippen molar-refractivity contribution in [3.8, 4) is 23.0 Å². The minimum atomic E-state index is -2.98. The number of benzene rings is 1. The van der Waals surface area contributed by atoms with Crippen LogP contribution in [0.3, 0.4) is 0 Å². The van der Waals surface area contributed by atoms with Gasteiger partial charge in [-0.05, 0) is 43.4 Å². The first-order valence-electron chi connectivity index (χ1n) is 12.9. The molecule has 1 aromatic carbocycles. The predicted octanol–water partition coefficient (Wildman–Crippen LogP) is 4.36. The lowest BCUT2D eigenvalue weighted by Crippen LogP contribution is -2.55. The molecular weight excluding hydrogens is 486 g/mol. The van der Waals surface area contributed by atoms with Crippen LogP contribution in [0.25, 0.3) is 11.5 Å². The van der Waals surface area contributed by atoms with E-state index in [1.54, 1.807) is 18.1 Å². The van der Waals surface area contributed by atoms with Crippen LogP contribution in [0.15, 0.2) is 22.6 Å². The number of carbonyl (C=O) groups is 1. The summed E-state index contributed by atoms with van der Waals surface area (Å²) in [6.45, 7) is 5.79. The van der Waals surface area contributed by atoms with Gasteiger partial charge in [-0.2, -0.15) is 8.78 Å². The van der Waals surface area contributed by atoms with Gasteiger partial charge in [0.05, 0.1) is 19.9 Å². The minimum Gasteiger partial charge on any atom is -0.489 e. The van der Waals surface area contributed by atoms with E-state index < -0.39 is 6.61 Å². The lowest BCUT2D eigenvalue weighted by atomic mass is 10.1. The van der Waals surface area contributed by atoms with Crippen molar-refractivity contribution in [2.45, 2.75) is 59.2 Å². The summed E-state index contributed by atoms with van der Waals surface area (Å²) in [5.41, 5.74) is 6.50. The van der Waals surface area contributed by atoms with Gasteiger partial charge in [-0.1, -0.05) is 20.8 Å². The number of halogens is 2. The highest BCUT2D eigenvalue weighted by molar-refractivity contribution is 5.94. The van der Waals surface area contributed by atoms with Gasteiger partial charge >= 0.3 is 6.61 Å². The summed E-state index contributed by atoms with van der Waals surface area (Å²) in [5, 5.41) is 0. The zero-order valence-corrected chi connectivity index (χ0v) is 22.0. The average Bonchev–Trinajstić information content (AvgIpc) is 3.65. The standard InChI is InChI=1S/C24H32F2N4O5.C2H6/c1-3-17-12-29(8-9-30(17)14-32-2)23(31)21-20(11-27)34-22(28-21)16-6-7-18(35-24(25)26)19(10-16)33-13-15-4-5-15;1-2/h6-7,10,15,17,24H,3-5,8-9,11-14,27H2,1-2H3;1-2H3. The maximum atomic E-state index is 13.3. The molecular formula is C26H38F2N4O5. The second-order valence-electron chi connectivity index (χ2n) is 8.83. The minimum absolute atomic E-state index is 0.00741. The number of nitrogens with two attached hydrogens (primary N) is 1. The van der Waals surface area contributed by atoms with Gasteiger partial charge in [0.25, 0.3) is 5.91 Å². The molecule has 2 N–H and O–H groups in total. The smallest absolute Gasteiger partial charge is 0.387 e. The molecule has 11 heteroatoms. The molecule has 1 aliphatic carbocycles. The predicted molar refractivity (Wildman–Crippen MR) is 135 cm³/mol. The Balaban J connectivity index is 0.00000186. The number of piperazine rings is 1. The summed E-state index contributed by atoms with van der Waals surface area (Å²) >= 11 is 0. The molecule has 2 aromatic rings. The summed E-state index contributed by atoms with van der Waals surface area (Å²) in [7, 11) is 1.66. The Labute approximate surface area is 216 Å². The number of rotatable bonds is 11. The zero-order valence-electron chi connectivity index (χ0n) is 22.0. The van der Waals surface area contributed by atoms with Crippen molar-refractivity contribution in [2.24, 2.45) is 11.7 Å². The molecule has 2 aliphatic rings. The van der Waals surface area contributed by atoms with Gasteiger partial charge in [-0.15, -0.1) is 0 Å². The molecule has 37 heavy (non-hydrogen) atoms. The van der Waals surface area contributed by atoms with Gasteiger partial charge in [0.15, 0.2) is 23.0 Å². The molecule has 0 spiro atoms. The molecule has 1 saturated heterocycles. The van der Waals surface area contributed by atoms with Crippen molar-refractivity contribution in [3.05, 3.63) is 29.7 Å². The highest BCUT2D eigenvalue weighted by atomic mass is 19.3. The highest BCUT2D eigenvalue weighted by Gasteiger charge is 2.32. The van der Waals surface area contributed by atoms with Crippen molar-refractivity contribution in [1.29, 1.82) is 0 Å². The lowest BCUT2D eigenvalue weighted by Gasteiger charge is -2.40. The fraction of sp³-hybridized carbons (Fsp3) is 0.615. The number of oxazole rings is 1. The molecule has 1 amide bonds. The first-order chi connectivity index (χ1) is 17.9. The third-order valence-corrected chi connectivity index (χ3v) is 6.32. The summed E-state index contributed by atoms with van der Waals surface area (Å²) < 4.78 is 47.1. The van der Waals surface area contributed by atoms with Crippen LogP contribution >= 0.6 is 0 Å². The van der Waals surface area contributed by atoms with E-state index in [1.165, 1.54) is 12.1 Å². The fourth-order valence-electron chi connectivity index (χ4n) is 4.17. The molecule has 1 aromatic heterocycles. The Morgan fingerprint density at radius 3 is 2.62 bits per heavy atom. The molecule has 9 nitrogen and oxygen atoms in total. The van der Waals surface area contributed by atoms with E-state index in [0.717, 1.165) is 19.3 Å². The van der Waals surface area contributed by atoms with Gasteiger partial charge in [0.1, 0.15) is 0 Å². The van der Waals surface area contributed by atoms with E-state index in [4.69, 9.17) is 19.6 Å². The van der Waals surface area contributed by atoms with Crippen molar-refractivity contribution >= 4 is 5.91 Å². The molecule has 1 unspecified atom stereocenters. The molecule has 0 bridgehead atoms. The van der Waals surface area contributed by atoms with Crippen molar-refractivity contribution in [2.75, 3.05) is 40.1 Å². The Kier molecular flexibility index (Phi) is 10.7. The van der Waals surface area contributed by atoms with Crippen LogP contribution in [0.5, 0.6) is 11.5 Å². The maximum absolute atomic E-state index is 13.3. The lowest BCUT2D eigenvalue weighted by molar-refractivity contribution is -0.0515.